The molecular formula is C9H8O4. The normalized spacial score (nSPS) is 11.0. The Kier molecular flexibility index (Phi) is 3.05. The highest BCUT2D eigenvalue weighted by Gasteiger charge is 2.07. The molecule has 1 aromatic carbocycles. The van der Waals surface area contributed by atoms with Gasteiger partial charge in [0.2, 0.25) is 5.76 Å². The fraction of sp³-hybridized carbons (Fsp3) is 0. The van der Waals surface area contributed by atoms with Crippen LogP contribution in [-0.2, 0) is 9.68 Å². The second kappa shape index (κ2) is 4.27. The third-order valence-electron chi connectivity index (χ3n) is 1.40. The smallest absolute Gasteiger partial charge is 0.406 e. The minimum absolute atomic E-state index is 0.644. The summed E-state index contributed by atoms with van der Waals surface area (Å²) in [5.74, 6) is -1.82. The van der Waals surface area contributed by atoms with Gasteiger partial charge in [-0.05, 0) is 11.6 Å². The molecule has 0 radical (unpaired) electrons. The molecule has 0 aliphatic carbocycles. The van der Waals surface area contributed by atoms with Crippen LogP contribution in [0.3, 0.4) is 0 Å². The standard InChI is InChI=1S/C9H8O4/c10-8(9(11)13-12)6-7-4-2-1-3-5-7/h1-6,10,12H. The van der Waals surface area contributed by atoms with E-state index in [0.29, 0.717) is 5.56 Å². The molecule has 0 atom stereocenters. The molecule has 68 valence electrons. The van der Waals surface area contributed by atoms with Gasteiger partial charge in [-0.3, -0.25) is 4.89 Å². The summed E-state index contributed by atoms with van der Waals surface area (Å²) in [4.78, 5) is 13.9. The van der Waals surface area contributed by atoms with Gasteiger partial charge in [-0.2, -0.15) is 5.26 Å². The predicted molar refractivity (Wildman–Crippen MR) is 45.8 cm³/mol. The van der Waals surface area contributed by atoms with Crippen LogP contribution in [0.5, 0.6) is 0 Å². The average Bonchev–Trinajstić information content (AvgIpc) is 2.18. The van der Waals surface area contributed by atoms with Crippen molar-refractivity contribution < 1.29 is 20.0 Å². The summed E-state index contributed by atoms with van der Waals surface area (Å²) in [5, 5.41) is 16.9. The number of carbonyl (C=O) groups is 1. The van der Waals surface area contributed by atoms with Crippen LogP contribution in [0.1, 0.15) is 5.56 Å². The lowest BCUT2D eigenvalue weighted by Crippen LogP contribution is -2.03. The number of aliphatic hydroxyl groups is 1. The van der Waals surface area contributed by atoms with Crippen LogP contribution in [0.15, 0.2) is 36.1 Å². The van der Waals surface area contributed by atoms with Crippen molar-refractivity contribution in [2.24, 2.45) is 0 Å². The molecule has 0 saturated carbocycles. The number of hydrogen-bond donors (Lipinski definition) is 2. The van der Waals surface area contributed by atoms with Crippen molar-refractivity contribution in [2.45, 2.75) is 0 Å². The highest BCUT2D eigenvalue weighted by molar-refractivity contribution is 5.90. The molecule has 1 rings (SSSR count). The van der Waals surface area contributed by atoms with E-state index >= 15 is 0 Å². The van der Waals surface area contributed by atoms with Gasteiger partial charge in [0.05, 0.1) is 0 Å². The molecule has 2 N–H and O–H groups in total. The molecule has 0 fully saturated rings. The number of hydrogen-bond acceptors (Lipinski definition) is 4. The molecule has 4 heteroatoms. The number of aliphatic hydroxyl groups excluding tert-OH is 1. The Morgan fingerprint density at radius 2 is 1.92 bits per heavy atom. The summed E-state index contributed by atoms with van der Waals surface area (Å²) < 4.78 is 0. The highest BCUT2D eigenvalue weighted by atomic mass is 17.1. The van der Waals surface area contributed by atoms with E-state index in [1.54, 1.807) is 30.3 Å². The summed E-state index contributed by atoms with van der Waals surface area (Å²) in [7, 11) is 0. The zero-order valence-electron chi connectivity index (χ0n) is 6.68. The Morgan fingerprint density at radius 1 is 1.31 bits per heavy atom. The Labute approximate surface area is 74.6 Å². The first-order chi connectivity index (χ1) is 6.24. The molecular weight excluding hydrogens is 172 g/mol. The number of carbonyl (C=O) groups excluding carboxylic acids is 1. The maximum absolute atomic E-state index is 10.5. The molecule has 0 unspecified atom stereocenters. The lowest BCUT2D eigenvalue weighted by Gasteiger charge is -1.95. The van der Waals surface area contributed by atoms with Gasteiger partial charge >= 0.3 is 5.97 Å². The van der Waals surface area contributed by atoms with E-state index < -0.39 is 11.7 Å². The van der Waals surface area contributed by atoms with Gasteiger partial charge in [-0.15, -0.1) is 0 Å². The Morgan fingerprint density at radius 3 is 2.46 bits per heavy atom. The molecule has 0 aromatic heterocycles. The second-order valence-corrected chi connectivity index (χ2v) is 2.32. The van der Waals surface area contributed by atoms with Gasteiger partial charge in [0.25, 0.3) is 0 Å². The van der Waals surface area contributed by atoms with E-state index in [1.165, 1.54) is 6.08 Å². The SMILES string of the molecule is O=C(OO)C(O)=Cc1ccccc1. The van der Waals surface area contributed by atoms with Crippen molar-refractivity contribution in [3.63, 3.8) is 0 Å². The zero-order chi connectivity index (χ0) is 9.68. The first-order valence-electron chi connectivity index (χ1n) is 3.55. The molecule has 0 bridgehead atoms. The summed E-state index contributed by atoms with van der Waals surface area (Å²) in [6.07, 6.45) is 1.19. The monoisotopic (exact) mass is 180 g/mol. The van der Waals surface area contributed by atoms with E-state index in [2.05, 4.69) is 4.89 Å². The van der Waals surface area contributed by atoms with E-state index in [1.807, 2.05) is 0 Å². The number of benzene rings is 1. The number of rotatable bonds is 2. The molecule has 4 nitrogen and oxygen atoms in total. The first-order valence-corrected chi connectivity index (χ1v) is 3.55. The van der Waals surface area contributed by atoms with Crippen LogP contribution in [0.2, 0.25) is 0 Å². The Bertz CT molecular complexity index is 316. The summed E-state index contributed by atoms with van der Waals surface area (Å²) in [6.45, 7) is 0. The largest absolute Gasteiger partial charge is 0.502 e. The van der Waals surface area contributed by atoms with Gasteiger partial charge in [0.15, 0.2) is 0 Å². The van der Waals surface area contributed by atoms with Crippen molar-refractivity contribution in [1.29, 1.82) is 0 Å². The minimum Gasteiger partial charge on any atom is -0.502 e. The van der Waals surface area contributed by atoms with Crippen molar-refractivity contribution in [1.82, 2.24) is 0 Å². The molecule has 1 aromatic rings. The van der Waals surface area contributed by atoms with Gasteiger partial charge in [0, 0.05) is 0 Å². The topological polar surface area (TPSA) is 66.8 Å². The molecule has 0 aliphatic heterocycles. The first kappa shape index (κ1) is 9.28. The van der Waals surface area contributed by atoms with Crippen molar-refractivity contribution in [3.05, 3.63) is 41.7 Å². The molecule has 0 saturated heterocycles. The molecule has 0 aliphatic rings. The predicted octanol–water partition coefficient (Wildman–Crippen LogP) is 1.60. The van der Waals surface area contributed by atoms with E-state index in [-0.39, 0.29) is 0 Å². The summed E-state index contributed by atoms with van der Waals surface area (Å²) in [5.41, 5.74) is 0.644. The van der Waals surface area contributed by atoms with Crippen LogP contribution in [0, 0.1) is 0 Å². The van der Waals surface area contributed by atoms with E-state index in [4.69, 9.17) is 10.4 Å². The van der Waals surface area contributed by atoms with Gasteiger partial charge in [0.1, 0.15) is 0 Å². The summed E-state index contributed by atoms with van der Waals surface area (Å²) in [6, 6.07) is 8.70. The minimum atomic E-state index is -1.18. The lowest BCUT2D eigenvalue weighted by atomic mass is 10.2. The quantitative estimate of drug-likeness (QED) is 0.314. The van der Waals surface area contributed by atoms with E-state index in [0.717, 1.165) is 0 Å². The molecule has 0 amide bonds. The maximum atomic E-state index is 10.5. The Balaban J connectivity index is 2.83. The van der Waals surface area contributed by atoms with Crippen molar-refractivity contribution in [2.75, 3.05) is 0 Å². The summed E-state index contributed by atoms with van der Waals surface area (Å²) >= 11 is 0. The van der Waals surface area contributed by atoms with E-state index in [9.17, 15) is 4.79 Å². The van der Waals surface area contributed by atoms with Crippen LogP contribution < -0.4 is 0 Å². The second-order valence-electron chi connectivity index (χ2n) is 2.32. The fourth-order valence-electron chi connectivity index (χ4n) is 0.813. The third-order valence-corrected chi connectivity index (χ3v) is 1.40. The highest BCUT2D eigenvalue weighted by Crippen LogP contribution is 2.04. The maximum Gasteiger partial charge on any atom is 0.406 e. The van der Waals surface area contributed by atoms with Gasteiger partial charge < -0.3 is 5.11 Å². The lowest BCUT2D eigenvalue weighted by molar-refractivity contribution is -0.231. The van der Waals surface area contributed by atoms with Crippen LogP contribution in [0.25, 0.3) is 6.08 Å². The molecule has 0 heterocycles. The van der Waals surface area contributed by atoms with Gasteiger partial charge in [-0.1, -0.05) is 30.3 Å². The molecule has 13 heavy (non-hydrogen) atoms. The molecule has 0 spiro atoms. The zero-order valence-corrected chi connectivity index (χ0v) is 6.68. The average molecular weight is 180 g/mol. The van der Waals surface area contributed by atoms with Crippen LogP contribution in [0.4, 0.5) is 0 Å². The Hall–Kier alpha value is -1.81. The third kappa shape index (κ3) is 2.61. The van der Waals surface area contributed by atoms with Crippen molar-refractivity contribution >= 4 is 12.0 Å². The van der Waals surface area contributed by atoms with Crippen molar-refractivity contribution in [3.8, 4) is 0 Å². The van der Waals surface area contributed by atoms with Crippen LogP contribution >= 0.6 is 0 Å². The van der Waals surface area contributed by atoms with Crippen LogP contribution in [-0.4, -0.2) is 16.3 Å². The van der Waals surface area contributed by atoms with Gasteiger partial charge in [-0.25, -0.2) is 4.79 Å². The fourth-order valence-corrected chi connectivity index (χ4v) is 0.813.